The molecule has 0 aromatic rings. The molecule has 0 aromatic heterocycles. The molecule has 0 heterocycles. The molecule has 2 nitrogen and oxygen atoms in total. The Balaban J connectivity index is 0. The summed E-state index contributed by atoms with van der Waals surface area (Å²) in [5.41, 5.74) is -0.284. The summed E-state index contributed by atoms with van der Waals surface area (Å²) in [5.74, 6) is 0.511. The molecule has 56 valence electrons. The van der Waals surface area contributed by atoms with Gasteiger partial charge in [-0.2, -0.15) is 0 Å². The molecule has 1 unspecified atom stereocenters. The fraction of sp³-hybridized carbons (Fsp3) is 1.00. The van der Waals surface area contributed by atoms with Crippen molar-refractivity contribution in [3.05, 3.63) is 0 Å². The van der Waals surface area contributed by atoms with Crippen molar-refractivity contribution in [3.8, 4) is 0 Å². The number of hydrogen-bond acceptors (Lipinski definition) is 2. The number of alkyl halides is 1. The van der Waals surface area contributed by atoms with E-state index in [2.05, 4.69) is 0 Å². The molecular formula is C5H10ClNaO2S. The largest absolute Gasteiger partial charge is 1.00 e. The van der Waals surface area contributed by atoms with E-state index in [1.807, 2.05) is 13.8 Å². The van der Waals surface area contributed by atoms with E-state index in [0.717, 1.165) is 0 Å². The van der Waals surface area contributed by atoms with Crippen LogP contribution >= 0.6 is 11.6 Å². The van der Waals surface area contributed by atoms with E-state index in [4.69, 9.17) is 11.6 Å². The minimum atomic E-state index is -1.97. The van der Waals surface area contributed by atoms with Crippen LogP contribution in [0.4, 0.5) is 0 Å². The van der Waals surface area contributed by atoms with Gasteiger partial charge in [-0.05, 0) is 5.41 Å². The van der Waals surface area contributed by atoms with Crippen LogP contribution in [0.1, 0.15) is 13.8 Å². The van der Waals surface area contributed by atoms with Crippen molar-refractivity contribution in [2.75, 3.05) is 11.6 Å². The average molecular weight is 193 g/mol. The molecule has 0 fully saturated rings. The van der Waals surface area contributed by atoms with E-state index in [0.29, 0.717) is 5.88 Å². The van der Waals surface area contributed by atoms with Crippen LogP contribution in [0, 0.1) is 5.41 Å². The van der Waals surface area contributed by atoms with Crippen LogP contribution in [0.3, 0.4) is 0 Å². The maximum absolute atomic E-state index is 10.1. The standard InChI is InChI=1S/C5H11ClO2S.Na/c1-5(2,3-6)4-9(7)8;/h3-4H2,1-2H3,(H,7,8);/q;+1/p-1. The molecule has 0 rings (SSSR count). The molecule has 5 heteroatoms. The Bertz CT molecular complexity index is 118. The Morgan fingerprint density at radius 3 is 2.10 bits per heavy atom. The van der Waals surface area contributed by atoms with Gasteiger partial charge in [0.2, 0.25) is 0 Å². The Hall–Kier alpha value is 1.40. The van der Waals surface area contributed by atoms with Crippen LogP contribution in [-0.2, 0) is 11.1 Å². The molecule has 0 spiro atoms. The summed E-state index contributed by atoms with van der Waals surface area (Å²) in [5, 5.41) is 0. The van der Waals surface area contributed by atoms with E-state index in [-0.39, 0.29) is 40.7 Å². The van der Waals surface area contributed by atoms with Crippen LogP contribution < -0.4 is 29.6 Å². The van der Waals surface area contributed by atoms with Crippen molar-refractivity contribution in [3.63, 3.8) is 0 Å². The van der Waals surface area contributed by atoms with Gasteiger partial charge in [0.05, 0.1) is 0 Å². The summed E-state index contributed by atoms with van der Waals surface area (Å²) >= 11 is 3.49. The quantitative estimate of drug-likeness (QED) is 0.299. The Morgan fingerprint density at radius 1 is 1.60 bits per heavy atom. The molecule has 0 aliphatic rings. The zero-order valence-electron chi connectivity index (χ0n) is 6.52. The van der Waals surface area contributed by atoms with Crippen LogP contribution in [0.15, 0.2) is 0 Å². The van der Waals surface area contributed by atoms with Crippen molar-refractivity contribution in [2.45, 2.75) is 13.8 Å². The first kappa shape index (κ1) is 14.0. The number of rotatable bonds is 3. The Labute approximate surface area is 91.3 Å². The molecule has 10 heavy (non-hydrogen) atoms. The maximum atomic E-state index is 10.1. The fourth-order valence-electron chi connectivity index (χ4n) is 0.358. The zero-order valence-corrected chi connectivity index (χ0v) is 10.1. The third-order valence-electron chi connectivity index (χ3n) is 0.870. The van der Waals surface area contributed by atoms with Crippen LogP contribution in [-0.4, -0.2) is 20.4 Å². The summed E-state index contributed by atoms with van der Waals surface area (Å²) in [6, 6.07) is 0. The van der Waals surface area contributed by atoms with Gasteiger partial charge < -0.3 is 4.55 Å². The normalized spacial score (nSPS) is 14.0. The SMILES string of the molecule is CC(C)(CCl)CS(=O)[O-].[Na+]. The fourth-order valence-corrected chi connectivity index (χ4v) is 1.30. The molecule has 0 aliphatic carbocycles. The molecule has 0 aromatic carbocycles. The molecule has 0 saturated heterocycles. The van der Waals surface area contributed by atoms with E-state index in [1.54, 1.807) is 0 Å². The van der Waals surface area contributed by atoms with Gasteiger partial charge in [-0.15, -0.1) is 11.6 Å². The first-order chi connectivity index (χ1) is 3.98. The second-order valence-corrected chi connectivity index (χ2v) is 3.91. The first-order valence-electron chi connectivity index (χ1n) is 2.60. The summed E-state index contributed by atoms with van der Waals surface area (Å²) in [7, 11) is 0. The van der Waals surface area contributed by atoms with Gasteiger partial charge in [0.1, 0.15) is 0 Å². The molecule has 1 atom stereocenters. The average Bonchev–Trinajstić information content (AvgIpc) is 1.63. The van der Waals surface area contributed by atoms with Crippen molar-refractivity contribution >= 4 is 22.7 Å². The minimum absolute atomic E-state index is 0. The van der Waals surface area contributed by atoms with Crippen LogP contribution in [0.2, 0.25) is 0 Å². The van der Waals surface area contributed by atoms with E-state index in [9.17, 15) is 8.76 Å². The summed E-state index contributed by atoms with van der Waals surface area (Å²) in [6.45, 7) is 3.63. The third-order valence-corrected chi connectivity index (χ3v) is 2.61. The number of hydrogen-bond donors (Lipinski definition) is 0. The molecule has 0 N–H and O–H groups in total. The van der Waals surface area contributed by atoms with Gasteiger partial charge >= 0.3 is 29.6 Å². The molecule has 0 radical (unpaired) electrons. The Morgan fingerprint density at radius 2 is 2.00 bits per heavy atom. The number of halogens is 1. The van der Waals surface area contributed by atoms with Crippen molar-refractivity contribution in [1.82, 2.24) is 0 Å². The van der Waals surface area contributed by atoms with Gasteiger partial charge in [-0.25, -0.2) is 0 Å². The predicted molar refractivity (Wildman–Crippen MR) is 38.3 cm³/mol. The summed E-state index contributed by atoms with van der Waals surface area (Å²) in [4.78, 5) is 0. The molecular weight excluding hydrogens is 183 g/mol. The molecule has 0 saturated carbocycles. The summed E-state index contributed by atoms with van der Waals surface area (Å²) < 4.78 is 20.2. The monoisotopic (exact) mass is 192 g/mol. The second-order valence-electron chi connectivity index (χ2n) is 2.75. The third kappa shape index (κ3) is 7.51. The smallest absolute Gasteiger partial charge is 0.772 e. The minimum Gasteiger partial charge on any atom is -0.772 e. The van der Waals surface area contributed by atoms with Crippen molar-refractivity contribution in [2.24, 2.45) is 5.41 Å². The van der Waals surface area contributed by atoms with Crippen LogP contribution in [0.25, 0.3) is 0 Å². The predicted octanol–water partition coefficient (Wildman–Crippen LogP) is -1.87. The molecule has 0 amide bonds. The van der Waals surface area contributed by atoms with Gasteiger partial charge in [0, 0.05) is 11.6 Å². The topological polar surface area (TPSA) is 40.1 Å². The van der Waals surface area contributed by atoms with Crippen molar-refractivity contribution < 1.29 is 38.3 Å². The second kappa shape index (κ2) is 5.98. The van der Waals surface area contributed by atoms with Gasteiger partial charge in [-0.1, -0.05) is 24.9 Å². The van der Waals surface area contributed by atoms with Gasteiger partial charge in [-0.3, -0.25) is 4.21 Å². The zero-order chi connectivity index (χ0) is 7.49. The van der Waals surface area contributed by atoms with Gasteiger partial charge in [0.15, 0.2) is 0 Å². The Kier molecular flexibility index (Phi) is 8.34. The van der Waals surface area contributed by atoms with Gasteiger partial charge in [0.25, 0.3) is 0 Å². The van der Waals surface area contributed by atoms with E-state index in [1.165, 1.54) is 0 Å². The molecule has 0 aliphatic heterocycles. The van der Waals surface area contributed by atoms with Crippen LogP contribution in [0.5, 0.6) is 0 Å². The van der Waals surface area contributed by atoms with Crippen molar-refractivity contribution in [1.29, 1.82) is 0 Å². The molecule has 0 bridgehead atoms. The summed E-state index contributed by atoms with van der Waals surface area (Å²) in [6.07, 6.45) is 0. The van der Waals surface area contributed by atoms with E-state index >= 15 is 0 Å². The maximum Gasteiger partial charge on any atom is 1.00 e. The van der Waals surface area contributed by atoms with E-state index < -0.39 is 11.1 Å². The first-order valence-corrected chi connectivity index (χ1v) is 4.37.